The van der Waals surface area contributed by atoms with Gasteiger partial charge in [-0.25, -0.2) is 9.59 Å². The first kappa shape index (κ1) is 13.8. The van der Waals surface area contributed by atoms with Crippen molar-refractivity contribution in [2.45, 2.75) is 31.7 Å². The van der Waals surface area contributed by atoms with E-state index in [1.807, 2.05) is 0 Å². The third kappa shape index (κ3) is 4.22. The zero-order valence-electron chi connectivity index (χ0n) is 10.1. The number of amides is 2. The SMILES string of the molecule is COCCCCNC(=O)N1CCC[C@@H]1C(=O)O. The highest BCUT2D eigenvalue weighted by Gasteiger charge is 2.33. The maximum atomic E-state index is 11.7. The number of methoxy groups -OCH3 is 1. The molecule has 0 aliphatic carbocycles. The first-order valence-corrected chi connectivity index (χ1v) is 5.93. The summed E-state index contributed by atoms with van der Waals surface area (Å²) in [7, 11) is 1.64. The van der Waals surface area contributed by atoms with E-state index in [0.29, 0.717) is 26.1 Å². The number of likely N-dealkylation sites (tertiary alicyclic amines) is 1. The monoisotopic (exact) mass is 244 g/mol. The summed E-state index contributed by atoms with van der Waals surface area (Å²) >= 11 is 0. The quantitative estimate of drug-likeness (QED) is 0.673. The largest absolute Gasteiger partial charge is 0.480 e. The van der Waals surface area contributed by atoms with Crippen LogP contribution in [0.5, 0.6) is 0 Å². The summed E-state index contributed by atoms with van der Waals surface area (Å²) in [5.41, 5.74) is 0. The highest BCUT2D eigenvalue weighted by atomic mass is 16.5. The number of nitrogens with one attached hydrogen (secondary N) is 1. The van der Waals surface area contributed by atoms with Crippen LogP contribution < -0.4 is 5.32 Å². The van der Waals surface area contributed by atoms with Crippen molar-refractivity contribution in [3.8, 4) is 0 Å². The Morgan fingerprint density at radius 1 is 1.47 bits per heavy atom. The molecule has 0 spiro atoms. The van der Waals surface area contributed by atoms with Crippen LogP contribution in [-0.2, 0) is 9.53 Å². The fraction of sp³-hybridized carbons (Fsp3) is 0.818. The summed E-state index contributed by atoms with van der Waals surface area (Å²) in [6.45, 7) is 1.77. The number of hydrogen-bond donors (Lipinski definition) is 2. The molecule has 2 amide bonds. The van der Waals surface area contributed by atoms with Gasteiger partial charge < -0.3 is 20.1 Å². The number of aliphatic carboxylic acids is 1. The maximum Gasteiger partial charge on any atom is 0.326 e. The predicted molar refractivity (Wildman–Crippen MR) is 61.9 cm³/mol. The Hall–Kier alpha value is -1.30. The summed E-state index contributed by atoms with van der Waals surface area (Å²) in [6.07, 6.45) is 3.03. The van der Waals surface area contributed by atoms with Crippen molar-refractivity contribution in [3.05, 3.63) is 0 Å². The molecule has 6 nitrogen and oxygen atoms in total. The Morgan fingerprint density at radius 3 is 2.88 bits per heavy atom. The van der Waals surface area contributed by atoms with E-state index in [-0.39, 0.29) is 6.03 Å². The number of rotatable bonds is 6. The van der Waals surface area contributed by atoms with Gasteiger partial charge in [-0.3, -0.25) is 0 Å². The molecule has 2 N–H and O–H groups in total. The van der Waals surface area contributed by atoms with E-state index in [9.17, 15) is 9.59 Å². The van der Waals surface area contributed by atoms with E-state index < -0.39 is 12.0 Å². The highest BCUT2D eigenvalue weighted by Crippen LogP contribution is 2.17. The van der Waals surface area contributed by atoms with Gasteiger partial charge in [0.1, 0.15) is 6.04 Å². The molecule has 6 heteroatoms. The Kier molecular flexibility index (Phi) is 5.76. The van der Waals surface area contributed by atoms with Crippen LogP contribution in [0, 0.1) is 0 Å². The van der Waals surface area contributed by atoms with Crippen LogP contribution in [-0.4, -0.2) is 54.9 Å². The Balaban J connectivity index is 2.25. The van der Waals surface area contributed by atoms with E-state index in [0.717, 1.165) is 19.3 Å². The van der Waals surface area contributed by atoms with Gasteiger partial charge in [-0.1, -0.05) is 0 Å². The molecular weight excluding hydrogens is 224 g/mol. The normalized spacial score (nSPS) is 19.4. The van der Waals surface area contributed by atoms with Gasteiger partial charge in [-0.15, -0.1) is 0 Å². The molecule has 1 atom stereocenters. The number of ether oxygens (including phenoxy) is 1. The summed E-state index contributed by atoms with van der Waals surface area (Å²) < 4.78 is 4.90. The van der Waals surface area contributed by atoms with Crippen LogP contribution in [0.1, 0.15) is 25.7 Å². The molecule has 0 aromatic heterocycles. The smallest absolute Gasteiger partial charge is 0.326 e. The minimum absolute atomic E-state index is 0.271. The average Bonchev–Trinajstić information content (AvgIpc) is 2.77. The van der Waals surface area contributed by atoms with Gasteiger partial charge in [0.25, 0.3) is 0 Å². The van der Waals surface area contributed by atoms with Crippen molar-refractivity contribution >= 4 is 12.0 Å². The van der Waals surface area contributed by atoms with E-state index in [1.165, 1.54) is 4.90 Å². The lowest BCUT2D eigenvalue weighted by atomic mass is 10.2. The molecule has 17 heavy (non-hydrogen) atoms. The van der Waals surface area contributed by atoms with E-state index in [1.54, 1.807) is 7.11 Å². The number of nitrogens with zero attached hydrogens (tertiary/aromatic N) is 1. The Labute approximate surface area is 101 Å². The summed E-state index contributed by atoms with van der Waals surface area (Å²) in [6, 6.07) is -0.929. The molecular formula is C11H20N2O4. The fourth-order valence-corrected chi connectivity index (χ4v) is 1.93. The first-order chi connectivity index (χ1) is 8.16. The molecule has 1 aliphatic heterocycles. The van der Waals surface area contributed by atoms with Crippen molar-refractivity contribution in [1.29, 1.82) is 0 Å². The number of carbonyl (C=O) groups is 2. The third-order valence-electron chi connectivity index (χ3n) is 2.85. The number of carbonyl (C=O) groups excluding carboxylic acids is 1. The number of carboxylic acids is 1. The van der Waals surface area contributed by atoms with Crippen molar-refractivity contribution < 1.29 is 19.4 Å². The van der Waals surface area contributed by atoms with Gasteiger partial charge in [0.15, 0.2) is 0 Å². The van der Waals surface area contributed by atoms with E-state index >= 15 is 0 Å². The van der Waals surface area contributed by atoms with Gasteiger partial charge >= 0.3 is 12.0 Å². The topological polar surface area (TPSA) is 78.9 Å². The second-order valence-electron chi connectivity index (χ2n) is 4.12. The lowest BCUT2D eigenvalue weighted by Crippen LogP contribution is -2.46. The van der Waals surface area contributed by atoms with Gasteiger partial charge in [0.05, 0.1) is 0 Å². The average molecular weight is 244 g/mol. The van der Waals surface area contributed by atoms with Crippen molar-refractivity contribution in [2.75, 3.05) is 26.8 Å². The molecule has 1 aliphatic rings. The highest BCUT2D eigenvalue weighted by molar-refractivity contribution is 5.83. The van der Waals surface area contributed by atoms with Crippen LogP contribution in [0.25, 0.3) is 0 Å². The minimum atomic E-state index is -0.919. The summed E-state index contributed by atoms with van der Waals surface area (Å²) in [5, 5.41) is 11.7. The lowest BCUT2D eigenvalue weighted by Gasteiger charge is -2.21. The number of unbranched alkanes of at least 4 members (excludes halogenated alkanes) is 1. The second-order valence-corrected chi connectivity index (χ2v) is 4.12. The van der Waals surface area contributed by atoms with E-state index in [2.05, 4.69) is 5.32 Å². The van der Waals surface area contributed by atoms with Gasteiger partial charge in [-0.2, -0.15) is 0 Å². The molecule has 1 heterocycles. The first-order valence-electron chi connectivity index (χ1n) is 5.93. The molecule has 0 saturated carbocycles. The van der Waals surface area contributed by atoms with Crippen molar-refractivity contribution in [2.24, 2.45) is 0 Å². The molecule has 98 valence electrons. The Bertz CT molecular complexity index is 270. The molecule has 0 unspecified atom stereocenters. The summed E-state index contributed by atoms with van der Waals surface area (Å²) in [5.74, 6) is -0.919. The lowest BCUT2D eigenvalue weighted by molar-refractivity contribution is -0.141. The molecule has 1 rings (SSSR count). The second kappa shape index (κ2) is 7.11. The Morgan fingerprint density at radius 2 is 2.24 bits per heavy atom. The molecule has 1 saturated heterocycles. The number of urea groups is 1. The maximum absolute atomic E-state index is 11.7. The third-order valence-corrected chi connectivity index (χ3v) is 2.85. The molecule has 0 radical (unpaired) electrons. The number of carboxylic acid groups (broad SMARTS) is 1. The summed E-state index contributed by atoms with van der Waals surface area (Å²) in [4.78, 5) is 24.0. The van der Waals surface area contributed by atoms with Crippen LogP contribution in [0.15, 0.2) is 0 Å². The number of hydrogen-bond acceptors (Lipinski definition) is 3. The fourth-order valence-electron chi connectivity index (χ4n) is 1.93. The predicted octanol–water partition coefficient (Wildman–Crippen LogP) is 0.672. The standard InChI is InChI=1S/C11H20N2O4/c1-17-8-3-2-6-12-11(16)13-7-4-5-9(13)10(14)15/h9H,2-8H2,1H3,(H,12,16)(H,14,15)/t9-/m1/s1. The molecule has 0 aromatic carbocycles. The zero-order chi connectivity index (χ0) is 12.7. The van der Waals surface area contributed by atoms with Gasteiger partial charge in [-0.05, 0) is 25.7 Å². The van der Waals surface area contributed by atoms with Crippen LogP contribution in [0.4, 0.5) is 4.79 Å². The van der Waals surface area contributed by atoms with Crippen molar-refractivity contribution in [3.63, 3.8) is 0 Å². The van der Waals surface area contributed by atoms with Gasteiger partial charge in [0, 0.05) is 26.8 Å². The minimum Gasteiger partial charge on any atom is -0.480 e. The van der Waals surface area contributed by atoms with Crippen LogP contribution in [0.3, 0.4) is 0 Å². The molecule has 0 bridgehead atoms. The van der Waals surface area contributed by atoms with Crippen LogP contribution in [0.2, 0.25) is 0 Å². The zero-order valence-corrected chi connectivity index (χ0v) is 10.1. The van der Waals surface area contributed by atoms with Crippen molar-refractivity contribution in [1.82, 2.24) is 10.2 Å². The molecule has 1 fully saturated rings. The van der Waals surface area contributed by atoms with Crippen LogP contribution >= 0.6 is 0 Å². The molecule has 0 aromatic rings. The van der Waals surface area contributed by atoms with Gasteiger partial charge in [0.2, 0.25) is 0 Å². The van der Waals surface area contributed by atoms with E-state index in [4.69, 9.17) is 9.84 Å².